The van der Waals surface area contributed by atoms with E-state index in [4.69, 9.17) is 0 Å². The molecule has 5 atom stereocenters. The minimum Gasteiger partial charge on any atom is -0.313 e. The molecular weight excluding hydrogens is 256 g/mol. The molecule has 3 fully saturated rings. The molecular formula is C19H36N2. The fourth-order valence-electron chi connectivity index (χ4n) is 5.54. The molecule has 1 heterocycles. The quantitative estimate of drug-likeness (QED) is 0.835. The molecule has 21 heavy (non-hydrogen) atoms. The average Bonchev–Trinajstić information content (AvgIpc) is 2.55. The summed E-state index contributed by atoms with van der Waals surface area (Å²) < 4.78 is 0. The van der Waals surface area contributed by atoms with Crippen LogP contribution in [-0.2, 0) is 0 Å². The number of nitrogens with one attached hydrogen (secondary N) is 1. The highest BCUT2D eigenvalue weighted by atomic mass is 15.2. The van der Waals surface area contributed by atoms with Gasteiger partial charge in [0.1, 0.15) is 0 Å². The highest BCUT2D eigenvalue weighted by Crippen LogP contribution is 2.40. The Balaban J connectivity index is 1.73. The molecule has 0 bridgehead atoms. The van der Waals surface area contributed by atoms with E-state index in [2.05, 4.69) is 24.1 Å². The molecule has 0 radical (unpaired) electrons. The summed E-state index contributed by atoms with van der Waals surface area (Å²) in [5.74, 6) is 2.01. The van der Waals surface area contributed by atoms with Gasteiger partial charge in [-0.2, -0.15) is 0 Å². The van der Waals surface area contributed by atoms with Gasteiger partial charge in [-0.3, -0.25) is 4.90 Å². The molecule has 1 saturated heterocycles. The minimum absolute atomic E-state index is 0.762. The van der Waals surface area contributed by atoms with Crippen molar-refractivity contribution in [2.45, 2.75) is 96.2 Å². The average molecular weight is 293 g/mol. The maximum atomic E-state index is 3.83. The van der Waals surface area contributed by atoms with Crippen LogP contribution in [0.15, 0.2) is 0 Å². The lowest BCUT2D eigenvalue weighted by molar-refractivity contribution is -0.00877. The van der Waals surface area contributed by atoms with Crippen molar-refractivity contribution < 1.29 is 0 Å². The van der Waals surface area contributed by atoms with E-state index in [9.17, 15) is 0 Å². The van der Waals surface area contributed by atoms with Gasteiger partial charge in [-0.15, -0.1) is 0 Å². The van der Waals surface area contributed by atoms with E-state index in [1.165, 1.54) is 70.8 Å². The summed E-state index contributed by atoms with van der Waals surface area (Å²) in [6.07, 6.45) is 14.6. The third-order valence-corrected chi connectivity index (χ3v) is 6.68. The summed E-state index contributed by atoms with van der Waals surface area (Å²) in [6.45, 7) is 7.20. The van der Waals surface area contributed by atoms with Gasteiger partial charge >= 0.3 is 0 Å². The molecule has 0 spiro atoms. The van der Waals surface area contributed by atoms with E-state index in [0.29, 0.717) is 0 Å². The molecule has 3 aliphatic rings. The van der Waals surface area contributed by atoms with Gasteiger partial charge in [0.05, 0.1) is 0 Å². The fraction of sp³-hybridized carbons (Fsp3) is 1.00. The van der Waals surface area contributed by atoms with E-state index < -0.39 is 0 Å². The summed E-state index contributed by atoms with van der Waals surface area (Å²) in [7, 11) is 0. The lowest BCUT2D eigenvalue weighted by Crippen LogP contribution is -2.59. The number of nitrogens with zero attached hydrogens (tertiary/aromatic N) is 1. The van der Waals surface area contributed by atoms with Crippen molar-refractivity contribution in [3.8, 4) is 0 Å². The Labute approximate surface area is 132 Å². The van der Waals surface area contributed by atoms with Crippen LogP contribution in [0.3, 0.4) is 0 Å². The third kappa shape index (κ3) is 3.47. The SMILES string of the molecule is CCNC1CCC(CC)CC1N1CCC[C@H]2CCCC[C@H]21. The molecule has 2 saturated carbocycles. The topological polar surface area (TPSA) is 15.3 Å². The van der Waals surface area contributed by atoms with E-state index >= 15 is 0 Å². The van der Waals surface area contributed by atoms with E-state index in [-0.39, 0.29) is 0 Å². The minimum atomic E-state index is 0.762. The van der Waals surface area contributed by atoms with Crippen LogP contribution in [-0.4, -0.2) is 36.1 Å². The van der Waals surface area contributed by atoms with Gasteiger partial charge in [0.15, 0.2) is 0 Å². The predicted molar refractivity (Wildman–Crippen MR) is 90.6 cm³/mol. The first kappa shape index (κ1) is 15.8. The molecule has 2 aliphatic carbocycles. The zero-order chi connectivity index (χ0) is 14.7. The Kier molecular flexibility index (Phi) is 5.61. The number of hydrogen-bond donors (Lipinski definition) is 1. The van der Waals surface area contributed by atoms with Crippen LogP contribution >= 0.6 is 0 Å². The van der Waals surface area contributed by atoms with Crippen molar-refractivity contribution in [2.24, 2.45) is 11.8 Å². The van der Waals surface area contributed by atoms with Crippen molar-refractivity contribution >= 4 is 0 Å². The number of fused-ring (bicyclic) bond motifs is 1. The van der Waals surface area contributed by atoms with E-state index in [1.54, 1.807) is 0 Å². The van der Waals surface area contributed by atoms with Crippen molar-refractivity contribution in [3.63, 3.8) is 0 Å². The second-order valence-corrected chi connectivity index (χ2v) is 7.81. The van der Waals surface area contributed by atoms with Crippen molar-refractivity contribution in [1.82, 2.24) is 10.2 Å². The van der Waals surface area contributed by atoms with E-state index in [0.717, 1.165) is 36.5 Å². The van der Waals surface area contributed by atoms with Crippen LogP contribution in [0, 0.1) is 11.8 Å². The van der Waals surface area contributed by atoms with Gasteiger partial charge in [-0.05, 0) is 69.9 Å². The van der Waals surface area contributed by atoms with Crippen molar-refractivity contribution in [2.75, 3.05) is 13.1 Å². The van der Waals surface area contributed by atoms with Crippen LogP contribution in [0.4, 0.5) is 0 Å². The first-order chi connectivity index (χ1) is 10.3. The monoisotopic (exact) mass is 292 g/mol. The summed E-state index contributed by atoms with van der Waals surface area (Å²) in [5, 5.41) is 3.83. The highest BCUT2D eigenvalue weighted by Gasteiger charge is 2.41. The number of hydrogen-bond acceptors (Lipinski definition) is 2. The third-order valence-electron chi connectivity index (χ3n) is 6.68. The largest absolute Gasteiger partial charge is 0.313 e. The molecule has 0 amide bonds. The summed E-state index contributed by atoms with van der Waals surface area (Å²) in [6, 6.07) is 2.52. The Morgan fingerprint density at radius 1 is 0.905 bits per heavy atom. The number of likely N-dealkylation sites (tertiary alicyclic amines) is 1. The van der Waals surface area contributed by atoms with Crippen molar-refractivity contribution in [3.05, 3.63) is 0 Å². The first-order valence-electron chi connectivity index (χ1n) is 9.82. The Hall–Kier alpha value is -0.0800. The Morgan fingerprint density at radius 2 is 1.71 bits per heavy atom. The Bertz CT molecular complexity index is 315. The molecule has 0 aromatic carbocycles. The zero-order valence-electron chi connectivity index (χ0n) is 14.3. The van der Waals surface area contributed by atoms with Crippen LogP contribution in [0.5, 0.6) is 0 Å². The predicted octanol–water partition coefficient (Wildman–Crippen LogP) is 4.20. The molecule has 1 N–H and O–H groups in total. The van der Waals surface area contributed by atoms with Crippen LogP contribution < -0.4 is 5.32 Å². The summed E-state index contributed by atoms with van der Waals surface area (Å²) >= 11 is 0. The van der Waals surface area contributed by atoms with Gasteiger partial charge in [0, 0.05) is 18.1 Å². The zero-order valence-corrected chi connectivity index (χ0v) is 14.3. The smallest absolute Gasteiger partial charge is 0.0255 e. The number of rotatable bonds is 4. The molecule has 3 rings (SSSR count). The molecule has 2 heteroatoms. The standard InChI is InChI=1S/C19H36N2/c1-3-15-11-12-17(20-4-2)19(14-15)21-13-7-9-16-8-5-6-10-18(16)21/h15-20H,3-14H2,1-2H3/t15?,16-,17?,18-,19?/m1/s1. The molecule has 1 aliphatic heterocycles. The fourth-order valence-corrected chi connectivity index (χ4v) is 5.54. The molecule has 122 valence electrons. The van der Waals surface area contributed by atoms with E-state index in [1.807, 2.05) is 0 Å². The lowest BCUT2D eigenvalue weighted by atomic mass is 9.74. The van der Waals surface area contributed by atoms with Gasteiger partial charge in [0.25, 0.3) is 0 Å². The number of likely N-dealkylation sites (N-methyl/N-ethyl adjacent to an activating group) is 1. The molecule has 0 aromatic rings. The maximum Gasteiger partial charge on any atom is 0.0255 e. The maximum absolute atomic E-state index is 3.83. The summed E-state index contributed by atoms with van der Waals surface area (Å²) in [5.41, 5.74) is 0. The molecule has 2 nitrogen and oxygen atoms in total. The van der Waals surface area contributed by atoms with Crippen LogP contribution in [0.25, 0.3) is 0 Å². The normalized spacial score (nSPS) is 41.7. The molecule has 0 aromatic heterocycles. The molecule has 3 unspecified atom stereocenters. The highest BCUT2D eigenvalue weighted by molar-refractivity contribution is 4.97. The lowest BCUT2D eigenvalue weighted by Gasteiger charge is -2.52. The Morgan fingerprint density at radius 3 is 2.52 bits per heavy atom. The van der Waals surface area contributed by atoms with Gasteiger partial charge in [0.2, 0.25) is 0 Å². The van der Waals surface area contributed by atoms with Gasteiger partial charge < -0.3 is 5.32 Å². The number of piperidine rings is 1. The summed E-state index contributed by atoms with van der Waals surface area (Å²) in [4.78, 5) is 2.99. The van der Waals surface area contributed by atoms with Crippen LogP contribution in [0.2, 0.25) is 0 Å². The first-order valence-corrected chi connectivity index (χ1v) is 9.82. The second kappa shape index (κ2) is 7.46. The van der Waals surface area contributed by atoms with Gasteiger partial charge in [-0.25, -0.2) is 0 Å². The van der Waals surface area contributed by atoms with Gasteiger partial charge in [-0.1, -0.05) is 33.1 Å². The van der Waals surface area contributed by atoms with Crippen LogP contribution in [0.1, 0.15) is 78.1 Å². The second-order valence-electron chi connectivity index (χ2n) is 7.81. The van der Waals surface area contributed by atoms with Crippen molar-refractivity contribution in [1.29, 1.82) is 0 Å².